The Morgan fingerprint density at radius 3 is 2.56 bits per heavy atom. The van der Waals surface area contributed by atoms with Crippen LogP contribution in [0.4, 0.5) is 10.1 Å². The second kappa shape index (κ2) is 5.85. The molecule has 2 atom stereocenters. The first-order chi connectivity index (χ1) is 8.38. The Morgan fingerprint density at radius 1 is 1.44 bits per heavy atom. The summed E-state index contributed by atoms with van der Waals surface area (Å²) in [6.07, 6.45) is -3.15. The summed E-state index contributed by atoms with van der Waals surface area (Å²) in [6, 6.07) is 1.83. The standard InChI is InChI=1S/C11H14FNO5/c1-6-4-8(12)7(5-9(6)13(17)18)11(16)10(15)2-3-14/h4-5,10-11,14-16H,2-3H2,1H3. The smallest absolute Gasteiger partial charge is 0.272 e. The number of aryl methyl sites for hydroxylation is 1. The first-order valence-electron chi connectivity index (χ1n) is 5.30. The third kappa shape index (κ3) is 3.00. The summed E-state index contributed by atoms with van der Waals surface area (Å²) in [5.41, 5.74) is -0.556. The molecule has 0 saturated carbocycles. The first kappa shape index (κ1) is 14.5. The van der Waals surface area contributed by atoms with E-state index in [0.717, 1.165) is 12.1 Å². The highest BCUT2D eigenvalue weighted by atomic mass is 19.1. The van der Waals surface area contributed by atoms with Crippen molar-refractivity contribution in [3.05, 3.63) is 39.2 Å². The van der Waals surface area contributed by atoms with E-state index in [0.29, 0.717) is 0 Å². The van der Waals surface area contributed by atoms with Crippen LogP contribution < -0.4 is 0 Å². The van der Waals surface area contributed by atoms with Crippen molar-refractivity contribution in [2.75, 3.05) is 6.61 Å². The van der Waals surface area contributed by atoms with Crippen LogP contribution in [0.15, 0.2) is 12.1 Å². The molecule has 0 fully saturated rings. The predicted molar refractivity (Wildman–Crippen MR) is 60.5 cm³/mol. The lowest BCUT2D eigenvalue weighted by Crippen LogP contribution is -2.20. The van der Waals surface area contributed by atoms with Gasteiger partial charge in [0.2, 0.25) is 0 Å². The Hall–Kier alpha value is -1.57. The number of benzene rings is 1. The molecule has 7 heteroatoms. The number of nitro benzene ring substituents is 1. The fraction of sp³-hybridized carbons (Fsp3) is 0.455. The summed E-state index contributed by atoms with van der Waals surface area (Å²) in [7, 11) is 0. The maximum Gasteiger partial charge on any atom is 0.272 e. The normalized spacial score (nSPS) is 14.3. The number of aliphatic hydroxyl groups excluding tert-OH is 3. The molecule has 100 valence electrons. The molecule has 0 amide bonds. The molecule has 0 aliphatic heterocycles. The fourth-order valence-electron chi connectivity index (χ4n) is 1.60. The van der Waals surface area contributed by atoms with E-state index in [1.54, 1.807) is 0 Å². The van der Waals surface area contributed by atoms with Crippen LogP contribution in [0.5, 0.6) is 0 Å². The third-order valence-corrected chi connectivity index (χ3v) is 2.62. The lowest BCUT2D eigenvalue weighted by Gasteiger charge is -2.18. The summed E-state index contributed by atoms with van der Waals surface area (Å²) >= 11 is 0. The van der Waals surface area contributed by atoms with Crippen molar-refractivity contribution >= 4 is 5.69 Å². The van der Waals surface area contributed by atoms with Gasteiger partial charge in [0.1, 0.15) is 11.9 Å². The van der Waals surface area contributed by atoms with Crippen molar-refractivity contribution in [3.63, 3.8) is 0 Å². The van der Waals surface area contributed by atoms with Gasteiger partial charge in [-0.15, -0.1) is 0 Å². The van der Waals surface area contributed by atoms with Crippen molar-refractivity contribution in [2.24, 2.45) is 0 Å². The summed E-state index contributed by atoms with van der Waals surface area (Å²) in [5.74, 6) is -0.831. The predicted octanol–water partition coefficient (Wildman–Crippen LogP) is 0.819. The molecule has 0 heterocycles. The number of rotatable bonds is 5. The highest BCUT2D eigenvalue weighted by molar-refractivity contribution is 5.44. The summed E-state index contributed by atoms with van der Waals surface area (Å²) in [4.78, 5) is 10.0. The van der Waals surface area contributed by atoms with Crippen molar-refractivity contribution in [3.8, 4) is 0 Å². The maximum absolute atomic E-state index is 13.6. The van der Waals surface area contributed by atoms with E-state index in [-0.39, 0.29) is 29.8 Å². The van der Waals surface area contributed by atoms with Crippen LogP contribution in [0.25, 0.3) is 0 Å². The zero-order chi connectivity index (χ0) is 13.9. The van der Waals surface area contributed by atoms with E-state index in [1.165, 1.54) is 6.92 Å². The topological polar surface area (TPSA) is 104 Å². The van der Waals surface area contributed by atoms with Crippen LogP contribution in [0.2, 0.25) is 0 Å². The minimum absolute atomic E-state index is 0.130. The van der Waals surface area contributed by atoms with Gasteiger partial charge in [0, 0.05) is 23.8 Å². The Morgan fingerprint density at radius 2 is 2.06 bits per heavy atom. The number of nitro groups is 1. The van der Waals surface area contributed by atoms with Crippen molar-refractivity contribution in [1.82, 2.24) is 0 Å². The van der Waals surface area contributed by atoms with Gasteiger partial charge in [-0.1, -0.05) is 0 Å². The van der Waals surface area contributed by atoms with Crippen LogP contribution in [-0.4, -0.2) is 33.0 Å². The molecular weight excluding hydrogens is 245 g/mol. The molecule has 2 unspecified atom stereocenters. The van der Waals surface area contributed by atoms with Gasteiger partial charge in [-0.25, -0.2) is 4.39 Å². The number of hydrogen-bond donors (Lipinski definition) is 3. The van der Waals surface area contributed by atoms with Crippen LogP contribution >= 0.6 is 0 Å². The van der Waals surface area contributed by atoms with Crippen LogP contribution in [0.1, 0.15) is 23.7 Å². The molecule has 0 saturated heterocycles. The molecule has 6 nitrogen and oxygen atoms in total. The molecule has 0 aromatic heterocycles. The Labute approximate surface area is 102 Å². The summed E-state index contributed by atoms with van der Waals surface area (Å²) < 4.78 is 13.6. The van der Waals surface area contributed by atoms with Gasteiger partial charge in [-0.2, -0.15) is 0 Å². The third-order valence-electron chi connectivity index (χ3n) is 2.62. The molecule has 1 rings (SSSR count). The molecule has 0 spiro atoms. The molecule has 3 N–H and O–H groups in total. The zero-order valence-electron chi connectivity index (χ0n) is 9.71. The molecule has 0 radical (unpaired) electrons. The quantitative estimate of drug-likeness (QED) is 0.536. The number of aliphatic hydroxyl groups is 3. The molecule has 18 heavy (non-hydrogen) atoms. The number of halogens is 1. The maximum atomic E-state index is 13.6. The van der Waals surface area contributed by atoms with Gasteiger partial charge in [0.05, 0.1) is 11.0 Å². The first-order valence-corrected chi connectivity index (χ1v) is 5.30. The molecule has 0 aliphatic carbocycles. The van der Waals surface area contributed by atoms with Crippen LogP contribution in [-0.2, 0) is 0 Å². The monoisotopic (exact) mass is 259 g/mol. The van der Waals surface area contributed by atoms with E-state index in [9.17, 15) is 24.7 Å². The Kier molecular flexibility index (Phi) is 4.71. The van der Waals surface area contributed by atoms with Crippen molar-refractivity contribution in [2.45, 2.75) is 25.6 Å². The van der Waals surface area contributed by atoms with Gasteiger partial charge in [0.15, 0.2) is 0 Å². The highest BCUT2D eigenvalue weighted by Gasteiger charge is 2.25. The molecule has 0 aliphatic rings. The highest BCUT2D eigenvalue weighted by Crippen LogP contribution is 2.28. The minimum atomic E-state index is -1.61. The second-order valence-corrected chi connectivity index (χ2v) is 3.94. The lowest BCUT2D eigenvalue weighted by atomic mass is 9.99. The fourth-order valence-corrected chi connectivity index (χ4v) is 1.60. The zero-order valence-corrected chi connectivity index (χ0v) is 9.71. The molecule has 1 aromatic carbocycles. The van der Waals surface area contributed by atoms with Gasteiger partial charge < -0.3 is 15.3 Å². The van der Waals surface area contributed by atoms with Gasteiger partial charge >= 0.3 is 0 Å². The van der Waals surface area contributed by atoms with E-state index in [4.69, 9.17) is 5.11 Å². The second-order valence-electron chi connectivity index (χ2n) is 3.94. The summed E-state index contributed by atoms with van der Waals surface area (Å²) in [5, 5.41) is 38.4. The Bertz CT molecular complexity index is 451. The van der Waals surface area contributed by atoms with Crippen molar-refractivity contribution in [1.29, 1.82) is 0 Å². The van der Waals surface area contributed by atoms with E-state index < -0.39 is 22.9 Å². The molecule has 0 bridgehead atoms. The van der Waals surface area contributed by atoms with E-state index >= 15 is 0 Å². The Balaban J connectivity index is 3.15. The molecule has 1 aromatic rings. The van der Waals surface area contributed by atoms with Crippen molar-refractivity contribution < 1.29 is 24.6 Å². The number of nitrogens with zero attached hydrogens (tertiary/aromatic N) is 1. The SMILES string of the molecule is Cc1cc(F)c(C(O)C(O)CCO)cc1[N+](=O)[O-]. The molecular formula is C11H14FNO5. The minimum Gasteiger partial charge on any atom is -0.396 e. The largest absolute Gasteiger partial charge is 0.396 e. The lowest BCUT2D eigenvalue weighted by molar-refractivity contribution is -0.385. The van der Waals surface area contributed by atoms with Crippen LogP contribution in [0.3, 0.4) is 0 Å². The van der Waals surface area contributed by atoms with Gasteiger partial charge in [-0.05, 0) is 19.4 Å². The summed E-state index contributed by atoms with van der Waals surface area (Å²) in [6.45, 7) is 0.995. The van der Waals surface area contributed by atoms with Gasteiger partial charge in [-0.3, -0.25) is 10.1 Å². The average Bonchev–Trinajstić information content (AvgIpc) is 2.28. The van der Waals surface area contributed by atoms with Gasteiger partial charge in [0.25, 0.3) is 5.69 Å². The van der Waals surface area contributed by atoms with Crippen LogP contribution in [0, 0.1) is 22.9 Å². The average molecular weight is 259 g/mol. The van der Waals surface area contributed by atoms with E-state index in [1.807, 2.05) is 0 Å². The van der Waals surface area contributed by atoms with E-state index in [2.05, 4.69) is 0 Å². The number of hydrogen-bond acceptors (Lipinski definition) is 5.